The molecule has 1 aromatic rings. The molecule has 1 heteroatoms. The molecule has 1 atom stereocenters. The van der Waals surface area contributed by atoms with Gasteiger partial charge in [0.05, 0.1) is 0 Å². The van der Waals surface area contributed by atoms with Crippen molar-refractivity contribution in [2.75, 3.05) is 19.6 Å². The Hall–Kier alpha value is -0.820. The van der Waals surface area contributed by atoms with E-state index < -0.39 is 0 Å². The van der Waals surface area contributed by atoms with Crippen molar-refractivity contribution in [1.82, 2.24) is 4.90 Å². The normalized spacial score (nSPS) is 19.6. The van der Waals surface area contributed by atoms with Crippen molar-refractivity contribution in [3.63, 3.8) is 0 Å². The molecule has 0 N–H and O–H groups in total. The van der Waals surface area contributed by atoms with Crippen LogP contribution in [0.25, 0.3) is 0 Å². The molecular weight excluding hydrogens is 242 g/mol. The SMILES string of the molecule is CCCCCCCCN1CCC(Cc2ccccc2)C1. The highest BCUT2D eigenvalue weighted by Gasteiger charge is 2.21. The van der Waals surface area contributed by atoms with Gasteiger partial charge in [-0.2, -0.15) is 0 Å². The van der Waals surface area contributed by atoms with Gasteiger partial charge in [-0.05, 0) is 43.8 Å². The van der Waals surface area contributed by atoms with Crippen LogP contribution in [-0.2, 0) is 6.42 Å². The Morgan fingerprint density at radius 1 is 1.00 bits per heavy atom. The van der Waals surface area contributed by atoms with Crippen molar-refractivity contribution in [3.05, 3.63) is 35.9 Å². The number of likely N-dealkylation sites (tertiary alicyclic amines) is 1. The second-order valence-electron chi connectivity index (χ2n) is 6.41. The van der Waals surface area contributed by atoms with E-state index in [1.807, 2.05) is 0 Å². The molecule has 1 aliphatic rings. The van der Waals surface area contributed by atoms with E-state index in [1.54, 1.807) is 0 Å². The van der Waals surface area contributed by atoms with Crippen molar-refractivity contribution in [2.24, 2.45) is 5.92 Å². The molecule has 20 heavy (non-hydrogen) atoms. The van der Waals surface area contributed by atoms with Gasteiger partial charge in [-0.3, -0.25) is 0 Å². The zero-order chi connectivity index (χ0) is 14.0. The molecule has 1 saturated heterocycles. The fourth-order valence-corrected chi connectivity index (χ4v) is 3.35. The lowest BCUT2D eigenvalue weighted by Gasteiger charge is -2.16. The van der Waals surface area contributed by atoms with Gasteiger partial charge < -0.3 is 4.90 Å². The number of nitrogens with zero attached hydrogens (tertiary/aromatic N) is 1. The smallest absolute Gasteiger partial charge is 0.00133 e. The summed E-state index contributed by atoms with van der Waals surface area (Å²) >= 11 is 0. The first-order valence-corrected chi connectivity index (χ1v) is 8.64. The molecule has 0 amide bonds. The maximum absolute atomic E-state index is 2.69. The van der Waals surface area contributed by atoms with Crippen molar-refractivity contribution >= 4 is 0 Å². The number of hydrogen-bond acceptors (Lipinski definition) is 1. The summed E-state index contributed by atoms with van der Waals surface area (Å²) in [6.07, 6.45) is 11.2. The Kier molecular flexibility index (Phi) is 7.14. The fourth-order valence-electron chi connectivity index (χ4n) is 3.35. The van der Waals surface area contributed by atoms with E-state index in [2.05, 4.69) is 42.2 Å². The Balaban J connectivity index is 1.56. The topological polar surface area (TPSA) is 3.24 Å². The molecule has 1 nitrogen and oxygen atoms in total. The zero-order valence-corrected chi connectivity index (χ0v) is 13.2. The Bertz CT molecular complexity index is 346. The third kappa shape index (κ3) is 5.66. The van der Waals surface area contributed by atoms with Crippen LogP contribution in [0.4, 0.5) is 0 Å². The maximum Gasteiger partial charge on any atom is 0.00133 e. The van der Waals surface area contributed by atoms with Gasteiger partial charge in [-0.15, -0.1) is 0 Å². The maximum atomic E-state index is 2.69. The van der Waals surface area contributed by atoms with Crippen LogP contribution in [0.5, 0.6) is 0 Å². The second-order valence-corrected chi connectivity index (χ2v) is 6.41. The van der Waals surface area contributed by atoms with Crippen LogP contribution in [0, 0.1) is 5.92 Å². The summed E-state index contributed by atoms with van der Waals surface area (Å²) in [5, 5.41) is 0. The summed E-state index contributed by atoms with van der Waals surface area (Å²) in [5.74, 6) is 0.887. The quantitative estimate of drug-likeness (QED) is 0.578. The van der Waals surface area contributed by atoms with Crippen molar-refractivity contribution in [2.45, 2.75) is 58.3 Å². The van der Waals surface area contributed by atoms with Crippen LogP contribution < -0.4 is 0 Å². The van der Waals surface area contributed by atoms with Gasteiger partial charge >= 0.3 is 0 Å². The summed E-state index contributed by atoms with van der Waals surface area (Å²) in [5.41, 5.74) is 1.51. The van der Waals surface area contributed by atoms with Gasteiger partial charge in [0, 0.05) is 6.54 Å². The molecule has 1 heterocycles. The minimum absolute atomic E-state index is 0.887. The predicted octanol–water partition coefficient (Wildman–Crippen LogP) is 4.91. The standard InChI is InChI=1S/C19H31N/c1-2-3-4-5-6-10-14-20-15-13-19(17-20)16-18-11-8-7-9-12-18/h7-9,11-12,19H,2-6,10,13-17H2,1H3. The van der Waals surface area contributed by atoms with E-state index in [0.717, 1.165) is 5.92 Å². The summed E-state index contributed by atoms with van der Waals surface area (Å²) in [4.78, 5) is 2.69. The summed E-state index contributed by atoms with van der Waals surface area (Å²) in [7, 11) is 0. The molecule has 1 aliphatic heterocycles. The van der Waals surface area contributed by atoms with Crippen LogP contribution in [0.2, 0.25) is 0 Å². The largest absolute Gasteiger partial charge is 0.303 e. The molecule has 0 spiro atoms. The number of unbranched alkanes of at least 4 members (excludes halogenated alkanes) is 5. The van der Waals surface area contributed by atoms with Gasteiger partial charge in [0.2, 0.25) is 0 Å². The highest BCUT2D eigenvalue weighted by Crippen LogP contribution is 2.21. The predicted molar refractivity (Wildman–Crippen MR) is 88.1 cm³/mol. The Morgan fingerprint density at radius 3 is 2.55 bits per heavy atom. The number of rotatable bonds is 9. The Morgan fingerprint density at radius 2 is 1.75 bits per heavy atom. The molecule has 0 aromatic heterocycles. The van der Waals surface area contributed by atoms with Gasteiger partial charge in [0.25, 0.3) is 0 Å². The summed E-state index contributed by atoms with van der Waals surface area (Å²) < 4.78 is 0. The van der Waals surface area contributed by atoms with Gasteiger partial charge in [-0.25, -0.2) is 0 Å². The molecular formula is C19H31N. The molecule has 2 rings (SSSR count). The first kappa shape index (κ1) is 15.6. The van der Waals surface area contributed by atoms with E-state index in [4.69, 9.17) is 0 Å². The van der Waals surface area contributed by atoms with Gasteiger partial charge in [0.1, 0.15) is 0 Å². The summed E-state index contributed by atoms with van der Waals surface area (Å²) in [6.45, 7) is 6.27. The second kappa shape index (κ2) is 9.18. The lowest BCUT2D eigenvalue weighted by atomic mass is 9.99. The van der Waals surface area contributed by atoms with E-state index in [0.29, 0.717) is 0 Å². The zero-order valence-electron chi connectivity index (χ0n) is 13.2. The molecule has 112 valence electrons. The van der Waals surface area contributed by atoms with E-state index in [-0.39, 0.29) is 0 Å². The van der Waals surface area contributed by atoms with Crippen LogP contribution >= 0.6 is 0 Å². The third-order valence-electron chi connectivity index (χ3n) is 4.57. The minimum Gasteiger partial charge on any atom is -0.303 e. The van der Waals surface area contributed by atoms with Gasteiger partial charge in [0.15, 0.2) is 0 Å². The molecule has 1 aromatic carbocycles. The average Bonchev–Trinajstić information content (AvgIpc) is 2.91. The van der Waals surface area contributed by atoms with E-state index >= 15 is 0 Å². The lowest BCUT2D eigenvalue weighted by Crippen LogP contribution is -2.22. The van der Waals surface area contributed by atoms with Crippen molar-refractivity contribution in [3.8, 4) is 0 Å². The number of hydrogen-bond donors (Lipinski definition) is 0. The molecule has 1 unspecified atom stereocenters. The monoisotopic (exact) mass is 273 g/mol. The van der Waals surface area contributed by atoms with Crippen molar-refractivity contribution in [1.29, 1.82) is 0 Å². The minimum atomic E-state index is 0.887. The van der Waals surface area contributed by atoms with Crippen LogP contribution in [0.1, 0.15) is 57.4 Å². The fraction of sp³-hybridized carbons (Fsp3) is 0.684. The highest BCUT2D eigenvalue weighted by molar-refractivity contribution is 5.15. The van der Waals surface area contributed by atoms with Crippen molar-refractivity contribution < 1.29 is 0 Å². The van der Waals surface area contributed by atoms with Crippen LogP contribution in [0.15, 0.2) is 30.3 Å². The highest BCUT2D eigenvalue weighted by atomic mass is 15.1. The van der Waals surface area contributed by atoms with Gasteiger partial charge in [-0.1, -0.05) is 69.4 Å². The molecule has 0 saturated carbocycles. The average molecular weight is 273 g/mol. The third-order valence-corrected chi connectivity index (χ3v) is 4.57. The molecule has 0 radical (unpaired) electrons. The first-order chi connectivity index (χ1) is 9.88. The Labute approximate surface area is 125 Å². The van der Waals surface area contributed by atoms with Crippen LogP contribution in [0.3, 0.4) is 0 Å². The van der Waals surface area contributed by atoms with E-state index in [1.165, 1.54) is 76.6 Å². The molecule has 1 fully saturated rings. The number of benzene rings is 1. The summed E-state index contributed by atoms with van der Waals surface area (Å²) in [6, 6.07) is 11.0. The van der Waals surface area contributed by atoms with Crippen LogP contribution in [-0.4, -0.2) is 24.5 Å². The first-order valence-electron chi connectivity index (χ1n) is 8.64. The molecule has 0 aliphatic carbocycles. The lowest BCUT2D eigenvalue weighted by molar-refractivity contribution is 0.314. The van der Waals surface area contributed by atoms with E-state index in [9.17, 15) is 0 Å². The molecule has 0 bridgehead atoms.